The number of hydrazone groups is 1. The van der Waals surface area contributed by atoms with Crippen LogP contribution in [0.5, 0.6) is 5.75 Å². The largest absolute Gasteiger partial charge is 0.496 e. The molecule has 0 unspecified atom stereocenters. The average Bonchev–Trinajstić information content (AvgIpc) is 2.53. The van der Waals surface area contributed by atoms with Crippen molar-refractivity contribution in [3.05, 3.63) is 63.9 Å². The Hall–Kier alpha value is -2.21. The minimum absolute atomic E-state index is 0.320. The first kappa shape index (κ1) is 16.2. The zero-order chi connectivity index (χ0) is 16.1. The normalized spacial score (nSPS) is 11.2. The van der Waals surface area contributed by atoms with Crippen LogP contribution in [0.15, 0.2) is 52.0 Å². The van der Waals surface area contributed by atoms with Crippen LogP contribution in [-0.4, -0.2) is 18.7 Å². The van der Waals surface area contributed by atoms with E-state index in [-0.39, 0.29) is 11.7 Å². The van der Waals surface area contributed by atoms with E-state index in [4.69, 9.17) is 4.74 Å². The molecule has 0 radical (unpaired) electrons. The summed E-state index contributed by atoms with van der Waals surface area (Å²) in [6, 6.07) is 11.0. The number of nitrogens with zero attached hydrogens (tertiary/aromatic N) is 1. The SMILES string of the molecule is COc1ccc(Br)cc1C(=O)N/N=C(\C)c1ccc(F)cc1. The molecule has 4 nitrogen and oxygen atoms in total. The second-order valence-electron chi connectivity index (χ2n) is 4.49. The summed E-state index contributed by atoms with van der Waals surface area (Å²) in [6.07, 6.45) is 0. The van der Waals surface area contributed by atoms with Crippen molar-refractivity contribution in [2.45, 2.75) is 6.92 Å². The number of carbonyl (C=O) groups excluding carboxylic acids is 1. The topological polar surface area (TPSA) is 50.7 Å². The predicted molar refractivity (Wildman–Crippen MR) is 86.8 cm³/mol. The van der Waals surface area contributed by atoms with Gasteiger partial charge in [0.1, 0.15) is 11.6 Å². The quantitative estimate of drug-likeness (QED) is 0.663. The van der Waals surface area contributed by atoms with Crippen LogP contribution in [0.25, 0.3) is 0 Å². The van der Waals surface area contributed by atoms with Crippen LogP contribution >= 0.6 is 15.9 Å². The molecule has 0 spiro atoms. The Morgan fingerprint density at radius 3 is 2.55 bits per heavy atom. The molecule has 0 aliphatic heterocycles. The molecule has 0 aromatic heterocycles. The van der Waals surface area contributed by atoms with Gasteiger partial charge in [0.15, 0.2) is 0 Å². The Kier molecular flexibility index (Phi) is 5.27. The molecular weight excluding hydrogens is 351 g/mol. The monoisotopic (exact) mass is 364 g/mol. The van der Waals surface area contributed by atoms with Crippen LogP contribution in [0.3, 0.4) is 0 Å². The number of carbonyl (C=O) groups is 1. The molecule has 1 N–H and O–H groups in total. The van der Waals surface area contributed by atoms with E-state index in [0.29, 0.717) is 17.0 Å². The molecule has 0 saturated carbocycles. The van der Waals surface area contributed by atoms with Gasteiger partial charge in [0, 0.05) is 4.47 Å². The maximum atomic E-state index is 12.9. The maximum Gasteiger partial charge on any atom is 0.275 e. The highest BCUT2D eigenvalue weighted by molar-refractivity contribution is 9.10. The van der Waals surface area contributed by atoms with Gasteiger partial charge in [-0.1, -0.05) is 28.1 Å². The van der Waals surface area contributed by atoms with Gasteiger partial charge >= 0.3 is 0 Å². The number of methoxy groups -OCH3 is 1. The minimum atomic E-state index is -0.389. The lowest BCUT2D eigenvalue weighted by atomic mass is 10.1. The number of hydrogen-bond donors (Lipinski definition) is 1. The Morgan fingerprint density at radius 2 is 1.91 bits per heavy atom. The summed E-state index contributed by atoms with van der Waals surface area (Å²) in [7, 11) is 1.49. The van der Waals surface area contributed by atoms with Gasteiger partial charge in [-0.2, -0.15) is 5.10 Å². The number of hydrogen-bond acceptors (Lipinski definition) is 3. The number of benzene rings is 2. The van der Waals surface area contributed by atoms with Gasteiger partial charge < -0.3 is 4.74 Å². The van der Waals surface area contributed by atoms with Crippen molar-refractivity contribution in [3.8, 4) is 5.75 Å². The van der Waals surface area contributed by atoms with Gasteiger partial charge in [0.05, 0.1) is 18.4 Å². The van der Waals surface area contributed by atoms with Crippen molar-refractivity contribution in [1.82, 2.24) is 5.43 Å². The zero-order valence-electron chi connectivity index (χ0n) is 12.1. The molecule has 0 fully saturated rings. The molecule has 0 heterocycles. The highest BCUT2D eigenvalue weighted by Gasteiger charge is 2.12. The molecule has 0 bridgehead atoms. The van der Waals surface area contributed by atoms with Crippen molar-refractivity contribution >= 4 is 27.5 Å². The highest BCUT2D eigenvalue weighted by Crippen LogP contribution is 2.22. The summed E-state index contributed by atoms with van der Waals surface area (Å²) >= 11 is 3.31. The third-order valence-electron chi connectivity index (χ3n) is 2.99. The lowest BCUT2D eigenvalue weighted by Crippen LogP contribution is -2.20. The first-order valence-corrected chi connectivity index (χ1v) is 7.24. The molecule has 0 aliphatic rings. The number of halogens is 2. The second-order valence-corrected chi connectivity index (χ2v) is 5.41. The smallest absolute Gasteiger partial charge is 0.275 e. The summed E-state index contributed by atoms with van der Waals surface area (Å²) < 4.78 is 18.8. The van der Waals surface area contributed by atoms with Crippen molar-refractivity contribution in [3.63, 3.8) is 0 Å². The van der Waals surface area contributed by atoms with Gasteiger partial charge in [-0.3, -0.25) is 4.79 Å². The molecule has 0 atom stereocenters. The van der Waals surface area contributed by atoms with Gasteiger partial charge in [-0.05, 0) is 42.8 Å². The van der Waals surface area contributed by atoms with E-state index in [9.17, 15) is 9.18 Å². The second kappa shape index (κ2) is 7.17. The first-order valence-electron chi connectivity index (χ1n) is 6.45. The third kappa shape index (κ3) is 3.92. The Balaban J connectivity index is 2.17. The van der Waals surface area contributed by atoms with Crippen LogP contribution in [0.4, 0.5) is 4.39 Å². The summed E-state index contributed by atoms with van der Waals surface area (Å²) in [4.78, 5) is 12.2. The molecule has 22 heavy (non-hydrogen) atoms. The third-order valence-corrected chi connectivity index (χ3v) is 3.49. The fraction of sp³-hybridized carbons (Fsp3) is 0.125. The van der Waals surface area contributed by atoms with E-state index in [1.165, 1.54) is 19.2 Å². The predicted octanol–water partition coefficient (Wildman–Crippen LogP) is 3.75. The van der Waals surface area contributed by atoms with Crippen LogP contribution in [-0.2, 0) is 0 Å². The molecular formula is C16H14BrFN2O2. The molecule has 6 heteroatoms. The van der Waals surface area contributed by atoms with E-state index >= 15 is 0 Å². The fourth-order valence-corrected chi connectivity index (χ4v) is 2.17. The van der Waals surface area contributed by atoms with Gasteiger partial charge in [0.2, 0.25) is 0 Å². The maximum absolute atomic E-state index is 12.9. The summed E-state index contributed by atoms with van der Waals surface area (Å²) in [5, 5.41) is 4.03. The Labute approximate surface area is 136 Å². The summed E-state index contributed by atoms with van der Waals surface area (Å²) in [5.74, 6) is -0.255. The van der Waals surface area contributed by atoms with Crippen molar-refractivity contribution in [1.29, 1.82) is 0 Å². The van der Waals surface area contributed by atoms with E-state index in [2.05, 4.69) is 26.5 Å². The van der Waals surface area contributed by atoms with Gasteiger partial charge in [0.25, 0.3) is 5.91 Å². The summed E-state index contributed by atoms with van der Waals surface area (Å²) in [5.41, 5.74) is 4.13. The molecule has 2 rings (SSSR count). The minimum Gasteiger partial charge on any atom is -0.496 e. The molecule has 0 aliphatic carbocycles. The van der Waals surface area contributed by atoms with Crippen LogP contribution in [0.1, 0.15) is 22.8 Å². The van der Waals surface area contributed by atoms with E-state index in [1.54, 1.807) is 37.3 Å². The molecule has 1 amide bonds. The van der Waals surface area contributed by atoms with E-state index < -0.39 is 0 Å². The van der Waals surface area contributed by atoms with Crippen LogP contribution < -0.4 is 10.2 Å². The van der Waals surface area contributed by atoms with Crippen LogP contribution in [0, 0.1) is 5.82 Å². The van der Waals surface area contributed by atoms with Gasteiger partial charge in [-0.15, -0.1) is 0 Å². The summed E-state index contributed by atoms with van der Waals surface area (Å²) in [6.45, 7) is 1.73. The lowest BCUT2D eigenvalue weighted by Gasteiger charge is -2.08. The lowest BCUT2D eigenvalue weighted by molar-refractivity contribution is 0.0951. The van der Waals surface area contributed by atoms with Crippen LogP contribution in [0.2, 0.25) is 0 Å². The first-order chi connectivity index (χ1) is 10.5. The van der Waals surface area contributed by atoms with E-state index in [0.717, 1.165) is 10.0 Å². The van der Waals surface area contributed by atoms with Crippen molar-refractivity contribution in [2.24, 2.45) is 5.10 Å². The van der Waals surface area contributed by atoms with Crippen molar-refractivity contribution in [2.75, 3.05) is 7.11 Å². The van der Waals surface area contributed by atoms with E-state index in [1.807, 2.05) is 0 Å². The number of amides is 1. The number of nitrogens with one attached hydrogen (secondary N) is 1. The molecule has 2 aromatic rings. The fourth-order valence-electron chi connectivity index (χ4n) is 1.81. The van der Waals surface area contributed by atoms with Gasteiger partial charge in [-0.25, -0.2) is 9.82 Å². The molecule has 0 saturated heterocycles. The Morgan fingerprint density at radius 1 is 1.23 bits per heavy atom. The molecule has 114 valence electrons. The number of ether oxygens (including phenoxy) is 1. The standard InChI is InChI=1S/C16H14BrFN2O2/c1-10(11-3-6-13(18)7-4-11)19-20-16(21)14-9-12(17)5-8-15(14)22-2/h3-9H,1-2H3,(H,20,21)/b19-10+. The highest BCUT2D eigenvalue weighted by atomic mass is 79.9. The number of rotatable bonds is 4. The van der Waals surface area contributed by atoms with Crippen molar-refractivity contribution < 1.29 is 13.9 Å². The zero-order valence-corrected chi connectivity index (χ0v) is 13.6. The molecule has 2 aromatic carbocycles. The average molecular weight is 365 g/mol. The Bertz CT molecular complexity index is 715.